The Balaban J connectivity index is 1.13. The van der Waals surface area contributed by atoms with Crippen LogP contribution in [0.2, 0.25) is 0 Å². The van der Waals surface area contributed by atoms with Gasteiger partial charge in [0.1, 0.15) is 73.2 Å². The van der Waals surface area contributed by atoms with Gasteiger partial charge in [0.05, 0.1) is 24.9 Å². The number of fused-ring (bicyclic) bond motifs is 5. The first-order valence-electron chi connectivity index (χ1n) is 24.3. The molecule has 370 valence electrons. The van der Waals surface area contributed by atoms with Crippen molar-refractivity contribution in [1.82, 2.24) is 0 Å². The van der Waals surface area contributed by atoms with E-state index in [2.05, 4.69) is 34.6 Å². The largest absolute Gasteiger partial charge is 0.459 e. The summed E-state index contributed by atoms with van der Waals surface area (Å²) in [5.74, 6) is 0.879. The van der Waals surface area contributed by atoms with Gasteiger partial charge in [-0.3, -0.25) is 4.79 Å². The Bertz CT molecular complexity index is 1560. The van der Waals surface area contributed by atoms with Crippen LogP contribution in [0, 0.1) is 52.3 Å². The van der Waals surface area contributed by atoms with Crippen LogP contribution in [-0.2, 0) is 38.0 Å². The van der Waals surface area contributed by atoms with Crippen molar-refractivity contribution in [3.8, 4) is 0 Å². The summed E-state index contributed by atoms with van der Waals surface area (Å²) in [6.45, 7) is 15.4. The molecule has 3 heterocycles. The summed E-state index contributed by atoms with van der Waals surface area (Å²) in [7, 11) is 0. The number of carbonyl (C=O) groups excluding carboxylic acids is 1. The number of aliphatic hydroxyl groups is 9. The third-order valence-corrected chi connectivity index (χ3v) is 17.4. The predicted molar refractivity (Wildman–Crippen MR) is 226 cm³/mol. The summed E-state index contributed by atoms with van der Waals surface area (Å²) in [6, 6.07) is 0. The van der Waals surface area contributed by atoms with Crippen LogP contribution in [0.3, 0.4) is 0 Å². The van der Waals surface area contributed by atoms with E-state index in [0.717, 1.165) is 51.4 Å². The molecule has 7 rings (SSSR count). The molecule has 0 spiro atoms. The maximum atomic E-state index is 13.0. The van der Waals surface area contributed by atoms with E-state index < -0.39 is 117 Å². The van der Waals surface area contributed by atoms with Gasteiger partial charge in [-0.2, -0.15) is 0 Å². The molecule has 0 radical (unpaired) electrons. The highest BCUT2D eigenvalue weighted by molar-refractivity contribution is 5.66. The average molecular weight is 917 g/mol. The van der Waals surface area contributed by atoms with Crippen LogP contribution in [0.5, 0.6) is 0 Å². The molecule has 17 nitrogen and oxygen atoms in total. The third kappa shape index (κ3) is 9.46. The lowest BCUT2D eigenvalue weighted by Gasteiger charge is -2.61. The van der Waals surface area contributed by atoms with Crippen molar-refractivity contribution >= 4 is 5.97 Å². The fourth-order valence-electron chi connectivity index (χ4n) is 14.0. The van der Waals surface area contributed by atoms with Gasteiger partial charge in [0.2, 0.25) is 0 Å². The zero-order chi connectivity index (χ0) is 46.7. The van der Waals surface area contributed by atoms with Crippen LogP contribution in [-0.4, -0.2) is 169 Å². The summed E-state index contributed by atoms with van der Waals surface area (Å²) in [5, 5.41) is 96.3. The van der Waals surface area contributed by atoms with E-state index in [9.17, 15) is 50.8 Å². The summed E-state index contributed by atoms with van der Waals surface area (Å²) in [6.07, 6.45) is -13.3. The number of aliphatic hydroxyl groups excluding tert-OH is 9. The molecule has 64 heavy (non-hydrogen) atoms. The van der Waals surface area contributed by atoms with E-state index >= 15 is 0 Å². The van der Waals surface area contributed by atoms with Gasteiger partial charge >= 0.3 is 5.97 Å². The highest BCUT2D eigenvalue weighted by Crippen LogP contribution is 2.69. The Labute approximate surface area is 378 Å². The fraction of sp³-hybridized carbons (Fsp3) is 0.979. The van der Waals surface area contributed by atoms with E-state index in [0.29, 0.717) is 18.8 Å². The van der Waals surface area contributed by atoms with Gasteiger partial charge in [0.15, 0.2) is 18.9 Å². The van der Waals surface area contributed by atoms with E-state index in [1.165, 1.54) is 13.8 Å². The summed E-state index contributed by atoms with van der Waals surface area (Å²) in [5.41, 5.74) is -0.415. The molecule has 17 heteroatoms. The van der Waals surface area contributed by atoms with Gasteiger partial charge in [-0.1, -0.05) is 53.9 Å². The molecule has 0 bridgehead atoms. The van der Waals surface area contributed by atoms with Crippen LogP contribution >= 0.6 is 0 Å². The number of hydrogen-bond acceptors (Lipinski definition) is 17. The molecule has 0 aromatic heterocycles. The van der Waals surface area contributed by atoms with E-state index in [4.69, 9.17) is 33.2 Å². The third-order valence-electron chi connectivity index (χ3n) is 17.4. The lowest BCUT2D eigenvalue weighted by Crippen LogP contribution is -2.64. The minimum Gasteiger partial charge on any atom is -0.459 e. The average Bonchev–Trinajstić information content (AvgIpc) is 3.48. The standard InChI is InChI=1S/C47H80O17/c1-20(2)10-9-11-21(3)30-40(60-24(6)49)41(63-43-38(56)35(53)32(50)22(4)58-43)31-27-13-12-25-18-26(14-16-46(25,7)28(27)15-17-47(30,31)8)61-45-42(37(55)34(52)29(19-48)62-45)64-44-39(57)36(54)33(51)23(5)59-44/h20-23,25-45,48,50-57H,9-19H2,1-8H3/t21-,22-,23+,25+,26+,27-,28+,29-,30+,31-,32-,33+,34-,35+,36-,37+,38+,39-,40-,41+,42-,43-,44+,45-,46+,47-/m1/s1. The lowest BCUT2D eigenvalue weighted by atomic mass is 9.44. The van der Waals surface area contributed by atoms with Crippen LogP contribution in [0.4, 0.5) is 0 Å². The molecular weight excluding hydrogens is 836 g/mol. The van der Waals surface area contributed by atoms with Crippen molar-refractivity contribution in [2.45, 2.75) is 230 Å². The Hall–Kier alpha value is -1.13. The first-order valence-corrected chi connectivity index (χ1v) is 24.3. The molecule has 26 atom stereocenters. The van der Waals surface area contributed by atoms with Crippen molar-refractivity contribution < 1.29 is 83.9 Å². The normalized spacial score (nSPS) is 52.4. The minimum atomic E-state index is -1.67. The van der Waals surface area contributed by atoms with E-state index in [-0.39, 0.29) is 52.4 Å². The van der Waals surface area contributed by atoms with Crippen LogP contribution < -0.4 is 0 Å². The van der Waals surface area contributed by atoms with Crippen LogP contribution in [0.15, 0.2) is 0 Å². The maximum Gasteiger partial charge on any atom is 0.303 e. The molecule has 3 aliphatic heterocycles. The zero-order valence-corrected chi connectivity index (χ0v) is 39.0. The quantitative estimate of drug-likeness (QED) is 0.0937. The SMILES string of the molecule is CC(=O)O[C@H]1[C@@H](O[C@H]2O[C@H](C)[C@@H](O)[C@H](O)[C@@H]2O)[C@H]2[C@@H]3CC[C@H]4C[C@@H](O[C@@H]5O[C@H](CO)[C@@H](O)[C@H](O)[C@H]5O[C@@H]5O[C@@H](C)[C@H](O)[C@@H](O)[C@H]5O)CC[C@]4(C)[C@H]3CC[C@]2(C)[C@H]1[C@H](C)CCCC(C)C. The zero-order valence-electron chi connectivity index (χ0n) is 39.0. The van der Waals surface area contributed by atoms with Crippen LogP contribution in [0.1, 0.15) is 120 Å². The van der Waals surface area contributed by atoms with E-state index in [1.54, 1.807) is 6.92 Å². The van der Waals surface area contributed by atoms with E-state index in [1.807, 2.05) is 0 Å². The second-order valence-corrected chi connectivity index (χ2v) is 21.8. The van der Waals surface area contributed by atoms with Gasteiger partial charge in [0, 0.05) is 12.8 Å². The van der Waals surface area contributed by atoms with Crippen molar-refractivity contribution in [1.29, 1.82) is 0 Å². The fourth-order valence-corrected chi connectivity index (χ4v) is 14.0. The Morgan fingerprint density at radius 3 is 1.83 bits per heavy atom. The minimum absolute atomic E-state index is 0.0400. The monoisotopic (exact) mass is 917 g/mol. The molecule has 0 aromatic carbocycles. The second kappa shape index (κ2) is 20.1. The molecular formula is C47H80O17. The Kier molecular flexibility index (Phi) is 15.9. The molecule has 0 unspecified atom stereocenters. The van der Waals surface area contributed by atoms with Gasteiger partial charge < -0.3 is 79.1 Å². The highest BCUT2D eigenvalue weighted by atomic mass is 16.8. The number of rotatable bonds is 13. The Morgan fingerprint density at radius 1 is 0.656 bits per heavy atom. The summed E-state index contributed by atoms with van der Waals surface area (Å²) < 4.78 is 43.6. The number of esters is 1. The van der Waals surface area contributed by atoms with Crippen molar-refractivity contribution in [3.05, 3.63) is 0 Å². The first kappa shape index (κ1) is 50.7. The van der Waals surface area contributed by atoms with Crippen molar-refractivity contribution in [2.75, 3.05) is 6.61 Å². The molecule has 0 amide bonds. The van der Waals surface area contributed by atoms with Gasteiger partial charge in [0.25, 0.3) is 0 Å². The molecule has 3 saturated heterocycles. The topological polar surface area (TPSA) is 264 Å². The van der Waals surface area contributed by atoms with Gasteiger partial charge in [-0.15, -0.1) is 0 Å². The lowest BCUT2D eigenvalue weighted by molar-refractivity contribution is -0.371. The summed E-state index contributed by atoms with van der Waals surface area (Å²) >= 11 is 0. The summed E-state index contributed by atoms with van der Waals surface area (Å²) in [4.78, 5) is 13.0. The Morgan fingerprint density at radius 2 is 1.25 bits per heavy atom. The molecule has 4 aliphatic carbocycles. The predicted octanol–water partition coefficient (Wildman–Crippen LogP) is 1.51. The second-order valence-electron chi connectivity index (χ2n) is 21.8. The molecule has 4 saturated carbocycles. The molecule has 9 N–H and O–H groups in total. The van der Waals surface area contributed by atoms with Gasteiger partial charge in [-0.25, -0.2) is 0 Å². The number of ether oxygens (including phenoxy) is 7. The van der Waals surface area contributed by atoms with Crippen molar-refractivity contribution in [3.63, 3.8) is 0 Å². The first-order chi connectivity index (χ1) is 30.1. The number of carbonyl (C=O) groups is 1. The molecule has 7 aliphatic rings. The maximum absolute atomic E-state index is 13.0. The highest BCUT2D eigenvalue weighted by Gasteiger charge is 2.69. The van der Waals surface area contributed by atoms with Gasteiger partial charge in [-0.05, 0) is 105 Å². The molecule has 0 aromatic rings. The van der Waals surface area contributed by atoms with Crippen molar-refractivity contribution in [2.24, 2.45) is 52.3 Å². The smallest absolute Gasteiger partial charge is 0.303 e. The number of hydrogen-bond donors (Lipinski definition) is 9. The van der Waals surface area contributed by atoms with Crippen LogP contribution in [0.25, 0.3) is 0 Å². The molecule has 7 fully saturated rings.